The van der Waals surface area contributed by atoms with Gasteiger partial charge in [-0.2, -0.15) is 0 Å². The largest absolute Gasteiger partial charge is 0.462 e. The van der Waals surface area contributed by atoms with Crippen LogP contribution in [0.25, 0.3) is 12.2 Å². The number of hydrogen-bond donors (Lipinski definition) is 4. The van der Waals surface area contributed by atoms with Crippen molar-refractivity contribution in [1.29, 1.82) is 0 Å². The number of aliphatic hydroxyl groups excluding tert-OH is 4. The third-order valence-corrected chi connectivity index (χ3v) is 4.25. The normalized spacial score (nSPS) is 29.0. The minimum atomic E-state index is -1.46. The van der Waals surface area contributed by atoms with Gasteiger partial charge >= 0.3 is 0 Å². The Bertz CT molecular complexity index is 713. The molecule has 1 fully saturated rings. The molecule has 0 radical (unpaired) electrons. The van der Waals surface area contributed by atoms with Crippen LogP contribution in [0.4, 0.5) is 0 Å². The van der Waals surface area contributed by atoms with Gasteiger partial charge in [0.25, 0.3) is 0 Å². The molecule has 0 bridgehead atoms. The summed E-state index contributed by atoms with van der Waals surface area (Å²) in [5, 5.41) is 38.8. The molecule has 4 N–H and O–H groups in total. The van der Waals surface area contributed by atoms with Crippen molar-refractivity contribution in [3.8, 4) is 5.75 Å². The fourth-order valence-corrected chi connectivity index (χ4v) is 2.71. The lowest BCUT2D eigenvalue weighted by Gasteiger charge is -2.39. The van der Waals surface area contributed by atoms with E-state index in [0.29, 0.717) is 5.75 Å². The second kappa shape index (κ2) is 8.44. The Morgan fingerprint density at radius 1 is 0.808 bits per heavy atom. The standard InChI is InChI=1S/C20H22O6/c21-12-16-17(22)18(23)19(24)20(26-16)25-15-10-8-14(9-11-15)7-6-13-4-2-1-3-5-13/h1-11,16-24H,12H2/b7-6+/t16-,17-,18+,19-,20?/m1/s1. The van der Waals surface area contributed by atoms with Crippen LogP contribution in [0.15, 0.2) is 54.6 Å². The van der Waals surface area contributed by atoms with E-state index in [2.05, 4.69) is 0 Å². The van der Waals surface area contributed by atoms with Gasteiger partial charge in [0, 0.05) is 0 Å². The Morgan fingerprint density at radius 3 is 2.04 bits per heavy atom. The van der Waals surface area contributed by atoms with Crippen molar-refractivity contribution in [2.75, 3.05) is 6.61 Å². The highest BCUT2D eigenvalue weighted by Gasteiger charge is 2.44. The van der Waals surface area contributed by atoms with Gasteiger partial charge in [-0.15, -0.1) is 0 Å². The quantitative estimate of drug-likeness (QED) is 0.596. The second-order valence-corrected chi connectivity index (χ2v) is 6.13. The molecule has 2 aromatic carbocycles. The first-order chi connectivity index (χ1) is 12.6. The molecule has 5 atom stereocenters. The third-order valence-electron chi connectivity index (χ3n) is 4.25. The van der Waals surface area contributed by atoms with E-state index in [1.165, 1.54) is 0 Å². The average molecular weight is 358 g/mol. The molecule has 1 aliphatic rings. The maximum atomic E-state index is 9.99. The predicted molar refractivity (Wildman–Crippen MR) is 96.2 cm³/mol. The number of benzene rings is 2. The van der Waals surface area contributed by atoms with Crippen LogP contribution in [-0.2, 0) is 4.74 Å². The van der Waals surface area contributed by atoms with Crippen LogP contribution in [0.5, 0.6) is 5.75 Å². The molecule has 1 saturated heterocycles. The van der Waals surface area contributed by atoms with Gasteiger partial charge in [0.1, 0.15) is 30.2 Å². The summed E-state index contributed by atoms with van der Waals surface area (Å²) < 4.78 is 10.9. The zero-order chi connectivity index (χ0) is 18.5. The Kier molecular flexibility index (Phi) is 6.03. The van der Waals surface area contributed by atoms with Gasteiger partial charge in [-0.1, -0.05) is 54.6 Å². The van der Waals surface area contributed by atoms with Crippen LogP contribution in [0.1, 0.15) is 11.1 Å². The van der Waals surface area contributed by atoms with Crippen LogP contribution in [0.2, 0.25) is 0 Å². The number of aliphatic hydroxyl groups is 4. The van der Waals surface area contributed by atoms with Crippen LogP contribution >= 0.6 is 0 Å². The van der Waals surface area contributed by atoms with Gasteiger partial charge in [0.15, 0.2) is 0 Å². The first-order valence-electron chi connectivity index (χ1n) is 8.39. The maximum Gasteiger partial charge on any atom is 0.229 e. The van der Waals surface area contributed by atoms with E-state index >= 15 is 0 Å². The lowest BCUT2D eigenvalue weighted by atomic mass is 9.99. The van der Waals surface area contributed by atoms with Crippen LogP contribution in [0, 0.1) is 0 Å². The fraction of sp³-hybridized carbons (Fsp3) is 0.300. The van der Waals surface area contributed by atoms with E-state index < -0.39 is 37.3 Å². The topological polar surface area (TPSA) is 99.4 Å². The molecule has 0 aliphatic carbocycles. The van der Waals surface area contributed by atoms with Crippen molar-refractivity contribution >= 4 is 12.2 Å². The minimum Gasteiger partial charge on any atom is -0.462 e. The number of ether oxygens (including phenoxy) is 2. The molecule has 6 heteroatoms. The maximum absolute atomic E-state index is 9.99. The third kappa shape index (κ3) is 4.30. The summed E-state index contributed by atoms with van der Waals surface area (Å²) in [6.45, 7) is -0.492. The molecular formula is C20H22O6. The minimum absolute atomic E-state index is 0.436. The molecule has 0 spiro atoms. The molecule has 138 valence electrons. The predicted octanol–water partition coefficient (Wildman–Crippen LogP) is 1.04. The molecule has 2 aromatic rings. The monoisotopic (exact) mass is 358 g/mol. The molecule has 6 nitrogen and oxygen atoms in total. The van der Waals surface area contributed by atoms with Crippen molar-refractivity contribution in [3.05, 3.63) is 65.7 Å². The van der Waals surface area contributed by atoms with Crippen molar-refractivity contribution in [2.45, 2.75) is 30.7 Å². The summed E-state index contributed by atoms with van der Waals surface area (Å²) in [7, 11) is 0. The molecule has 1 unspecified atom stereocenters. The molecule has 0 saturated carbocycles. The fourth-order valence-electron chi connectivity index (χ4n) is 2.71. The summed E-state index contributed by atoms with van der Waals surface area (Å²) in [4.78, 5) is 0. The van der Waals surface area contributed by atoms with E-state index in [1.54, 1.807) is 12.1 Å². The van der Waals surface area contributed by atoms with Gasteiger partial charge in [-0.05, 0) is 23.3 Å². The summed E-state index contributed by atoms with van der Waals surface area (Å²) in [5.74, 6) is 0.436. The van der Waals surface area contributed by atoms with Crippen molar-refractivity contribution in [1.82, 2.24) is 0 Å². The van der Waals surface area contributed by atoms with Crippen molar-refractivity contribution in [2.24, 2.45) is 0 Å². The summed E-state index contributed by atoms with van der Waals surface area (Å²) in [6, 6.07) is 17.0. The highest BCUT2D eigenvalue weighted by atomic mass is 16.7. The van der Waals surface area contributed by atoms with Gasteiger partial charge < -0.3 is 29.9 Å². The molecule has 0 aromatic heterocycles. The van der Waals surface area contributed by atoms with E-state index in [0.717, 1.165) is 11.1 Å². The second-order valence-electron chi connectivity index (χ2n) is 6.13. The average Bonchev–Trinajstić information content (AvgIpc) is 2.68. The molecule has 1 heterocycles. The zero-order valence-electron chi connectivity index (χ0n) is 14.1. The Balaban J connectivity index is 1.64. The molecule has 3 rings (SSSR count). The first kappa shape index (κ1) is 18.6. The van der Waals surface area contributed by atoms with Crippen LogP contribution < -0.4 is 4.74 Å². The van der Waals surface area contributed by atoms with E-state index in [-0.39, 0.29) is 0 Å². The zero-order valence-corrected chi connectivity index (χ0v) is 14.1. The van der Waals surface area contributed by atoms with Gasteiger partial charge in [-0.25, -0.2) is 0 Å². The van der Waals surface area contributed by atoms with Crippen LogP contribution in [0.3, 0.4) is 0 Å². The lowest BCUT2D eigenvalue weighted by molar-refractivity contribution is -0.277. The molecule has 26 heavy (non-hydrogen) atoms. The van der Waals surface area contributed by atoms with Gasteiger partial charge in [-0.3, -0.25) is 0 Å². The SMILES string of the molecule is OC[C@H]1OC(Oc2ccc(/C=C/c3ccccc3)cc2)[C@H](O)[C@@H](O)[C@@H]1O. The smallest absolute Gasteiger partial charge is 0.229 e. The number of hydrogen-bond acceptors (Lipinski definition) is 6. The number of rotatable bonds is 5. The van der Waals surface area contributed by atoms with E-state index in [4.69, 9.17) is 9.47 Å². The van der Waals surface area contributed by atoms with Crippen molar-refractivity contribution < 1.29 is 29.9 Å². The highest BCUT2D eigenvalue weighted by molar-refractivity contribution is 5.69. The Morgan fingerprint density at radius 2 is 1.42 bits per heavy atom. The Hall–Kier alpha value is -2.22. The van der Waals surface area contributed by atoms with Crippen molar-refractivity contribution in [3.63, 3.8) is 0 Å². The summed E-state index contributed by atoms with van der Waals surface area (Å²) in [6.07, 6.45) is -2.51. The van der Waals surface area contributed by atoms with E-state index in [9.17, 15) is 20.4 Å². The van der Waals surface area contributed by atoms with Crippen LogP contribution in [-0.4, -0.2) is 57.7 Å². The van der Waals surface area contributed by atoms with Gasteiger partial charge in [0.2, 0.25) is 6.29 Å². The summed E-state index contributed by atoms with van der Waals surface area (Å²) >= 11 is 0. The highest BCUT2D eigenvalue weighted by Crippen LogP contribution is 2.24. The molecular weight excluding hydrogens is 336 g/mol. The summed E-state index contributed by atoms with van der Waals surface area (Å²) in [5.41, 5.74) is 2.06. The first-order valence-corrected chi connectivity index (χ1v) is 8.39. The van der Waals surface area contributed by atoms with E-state index in [1.807, 2.05) is 54.6 Å². The molecule has 0 amide bonds. The Labute approximate surface area is 151 Å². The lowest BCUT2D eigenvalue weighted by Crippen LogP contribution is -2.60. The molecule has 1 aliphatic heterocycles. The van der Waals surface area contributed by atoms with Gasteiger partial charge in [0.05, 0.1) is 6.61 Å².